The van der Waals surface area contributed by atoms with E-state index in [1.807, 2.05) is 48.5 Å². The zero-order valence-corrected chi connectivity index (χ0v) is 22.8. The number of nitrogens with zero attached hydrogens (tertiary/aromatic N) is 2. The molecule has 1 aliphatic rings. The summed E-state index contributed by atoms with van der Waals surface area (Å²) in [6.45, 7) is 6.67. The van der Waals surface area contributed by atoms with Crippen LogP contribution in [0.15, 0.2) is 88.7 Å². The second-order valence-electron chi connectivity index (χ2n) is 9.27. The fraction of sp³-hybridized carbons (Fsp3) is 0.267. The molecule has 0 saturated heterocycles. The van der Waals surface area contributed by atoms with Crippen molar-refractivity contribution in [2.24, 2.45) is 0 Å². The van der Waals surface area contributed by atoms with Gasteiger partial charge in [-0.3, -0.25) is 19.4 Å². The maximum atomic E-state index is 13.4. The van der Waals surface area contributed by atoms with Crippen LogP contribution in [0.1, 0.15) is 31.4 Å². The first-order valence-electron chi connectivity index (χ1n) is 12.5. The van der Waals surface area contributed by atoms with E-state index in [-0.39, 0.29) is 18.4 Å². The highest BCUT2D eigenvalue weighted by atomic mass is 35.5. The molecule has 0 fully saturated rings. The predicted octanol–water partition coefficient (Wildman–Crippen LogP) is 6.24. The third-order valence-electron chi connectivity index (χ3n) is 6.20. The van der Waals surface area contributed by atoms with Gasteiger partial charge in [-0.15, -0.1) is 0 Å². The van der Waals surface area contributed by atoms with Gasteiger partial charge in [0.15, 0.2) is 0 Å². The van der Waals surface area contributed by atoms with Crippen molar-refractivity contribution in [3.05, 3.63) is 99.9 Å². The number of anilines is 1. The lowest BCUT2D eigenvalue weighted by Crippen LogP contribution is -2.43. The topological polar surface area (TPSA) is 52.7 Å². The first-order chi connectivity index (χ1) is 17.9. The molecule has 5 nitrogen and oxygen atoms in total. The van der Waals surface area contributed by atoms with Crippen molar-refractivity contribution in [1.82, 2.24) is 10.2 Å². The summed E-state index contributed by atoms with van der Waals surface area (Å²) in [7, 11) is 0. The van der Waals surface area contributed by atoms with Crippen LogP contribution >= 0.6 is 23.4 Å². The summed E-state index contributed by atoms with van der Waals surface area (Å²) < 4.78 is 0. The van der Waals surface area contributed by atoms with Crippen molar-refractivity contribution in [3.63, 3.8) is 0 Å². The van der Waals surface area contributed by atoms with Crippen LogP contribution in [-0.4, -0.2) is 42.4 Å². The van der Waals surface area contributed by atoms with Crippen LogP contribution in [0.25, 0.3) is 6.08 Å². The summed E-state index contributed by atoms with van der Waals surface area (Å²) in [5.41, 5.74) is 2.92. The molecule has 0 radical (unpaired) electrons. The Morgan fingerprint density at radius 3 is 2.46 bits per heavy atom. The number of nitrogens with one attached hydrogen (secondary N) is 1. The lowest BCUT2D eigenvalue weighted by Gasteiger charge is -2.30. The van der Waals surface area contributed by atoms with Gasteiger partial charge >= 0.3 is 0 Å². The van der Waals surface area contributed by atoms with Gasteiger partial charge in [-0.2, -0.15) is 0 Å². The smallest absolute Gasteiger partial charge is 0.265 e. The Kier molecular flexibility index (Phi) is 9.45. The number of rotatable bonds is 10. The minimum atomic E-state index is -0.178. The Morgan fingerprint density at radius 2 is 1.73 bits per heavy atom. The lowest BCUT2D eigenvalue weighted by atomic mass is 10.2. The molecule has 3 aromatic rings. The molecule has 0 aliphatic carbocycles. The van der Waals surface area contributed by atoms with Gasteiger partial charge in [0.1, 0.15) is 6.54 Å². The van der Waals surface area contributed by atoms with Crippen LogP contribution in [0.5, 0.6) is 0 Å². The Labute approximate surface area is 228 Å². The molecule has 192 valence electrons. The van der Waals surface area contributed by atoms with Gasteiger partial charge in [0.05, 0.1) is 10.6 Å². The highest BCUT2D eigenvalue weighted by molar-refractivity contribution is 8.04. The quantitative estimate of drug-likeness (QED) is 0.248. The van der Waals surface area contributed by atoms with E-state index < -0.39 is 0 Å². The standard InChI is InChI=1S/C30H32ClN3O2S/c1-22(2)33(20-24-9-4-3-5-10-24)18-8-17-32-29(35)21-34-26-11-6-7-12-27(26)37-28(30(34)36)19-23-13-15-25(31)16-14-23/h3-7,9-16,19,22H,8,17-18,20-21H2,1-2H3,(H,32,35)/b28-19-. The van der Waals surface area contributed by atoms with Crippen molar-refractivity contribution < 1.29 is 9.59 Å². The van der Waals surface area contributed by atoms with Gasteiger partial charge in [-0.1, -0.05) is 78.0 Å². The number of hydrogen-bond acceptors (Lipinski definition) is 4. The van der Waals surface area contributed by atoms with E-state index in [0.717, 1.165) is 35.7 Å². The first kappa shape index (κ1) is 27.0. The van der Waals surface area contributed by atoms with Gasteiger partial charge in [-0.05, 0) is 61.7 Å². The molecule has 2 amide bonds. The van der Waals surface area contributed by atoms with Gasteiger partial charge in [0.2, 0.25) is 5.91 Å². The molecular weight excluding hydrogens is 502 g/mol. The maximum absolute atomic E-state index is 13.4. The lowest BCUT2D eigenvalue weighted by molar-refractivity contribution is -0.122. The van der Waals surface area contributed by atoms with Crippen molar-refractivity contribution in [3.8, 4) is 0 Å². The van der Waals surface area contributed by atoms with Gasteiger partial charge in [0, 0.05) is 35.6 Å². The van der Waals surface area contributed by atoms with E-state index in [2.05, 4.69) is 48.3 Å². The van der Waals surface area contributed by atoms with Crippen LogP contribution in [0, 0.1) is 0 Å². The molecule has 0 bridgehead atoms. The average Bonchev–Trinajstić information content (AvgIpc) is 2.90. The molecule has 7 heteroatoms. The van der Waals surface area contributed by atoms with E-state index in [4.69, 9.17) is 11.6 Å². The Morgan fingerprint density at radius 1 is 1.03 bits per heavy atom. The Bertz CT molecular complexity index is 1250. The summed E-state index contributed by atoms with van der Waals surface area (Å²) in [6, 6.07) is 25.9. The van der Waals surface area contributed by atoms with Gasteiger partial charge < -0.3 is 5.32 Å². The molecule has 1 N–H and O–H groups in total. The molecule has 1 heterocycles. The Balaban J connectivity index is 1.36. The normalized spacial score (nSPS) is 14.4. The number of para-hydroxylation sites is 1. The van der Waals surface area contributed by atoms with Crippen LogP contribution < -0.4 is 10.2 Å². The SMILES string of the molecule is CC(C)N(CCCNC(=O)CN1C(=O)/C(=C/c2ccc(Cl)cc2)Sc2ccccc21)Cc1ccccc1. The Hall–Kier alpha value is -3.06. The summed E-state index contributed by atoms with van der Waals surface area (Å²) in [4.78, 5) is 31.8. The van der Waals surface area contributed by atoms with E-state index in [9.17, 15) is 9.59 Å². The van der Waals surface area contributed by atoms with Crippen molar-refractivity contribution in [1.29, 1.82) is 0 Å². The summed E-state index contributed by atoms with van der Waals surface area (Å²) in [5.74, 6) is -0.345. The number of fused-ring (bicyclic) bond motifs is 1. The fourth-order valence-electron chi connectivity index (χ4n) is 4.18. The molecule has 1 aliphatic heterocycles. The molecule has 0 spiro atoms. The monoisotopic (exact) mass is 533 g/mol. The molecule has 0 atom stereocenters. The van der Waals surface area contributed by atoms with E-state index in [1.165, 1.54) is 17.3 Å². The van der Waals surface area contributed by atoms with Crippen LogP contribution in [-0.2, 0) is 16.1 Å². The molecular formula is C30H32ClN3O2S. The van der Waals surface area contributed by atoms with Crippen LogP contribution in [0.3, 0.4) is 0 Å². The number of thioether (sulfide) groups is 1. The van der Waals surface area contributed by atoms with Crippen molar-refractivity contribution in [2.45, 2.75) is 37.8 Å². The molecule has 37 heavy (non-hydrogen) atoms. The molecule has 3 aromatic carbocycles. The fourth-order valence-corrected chi connectivity index (χ4v) is 5.36. The number of halogens is 1. The second-order valence-corrected chi connectivity index (χ2v) is 10.8. The zero-order chi connectivity index (χ0) is 26.2. The number of carbonyl (C=O) groups excluding carboxylic acids is 2. The third kappa shape index (κ3) is 7.48. The molecule has 0 unspecified atom stereocenters. The number of benzene rings is 3. The highest BCUT2D eigenvalue weighted by Gasteiger charge is 2.30. The highest BCUT2D eigenvalue weighted by Crippen LogP contribution is 2.41. The molecule has 0 aromatic heterocycles. The van der Waals surface area contributed by atoms with Crippen LogP contribution in [0.2, 0.25) is 5.02 Å². The van der Waals surface area contributed by atoms with Crippen LogP contribution in [0.4, 0.5) is 5.69 Å². The zero-order valence-electron chi connectivity index (χ0n) is 21.2. The van der Waals surface area contributed by atoms with Gasteiger partial charge in [-0.25, -0.2) is 0 Å². The second kappa shape index (κ2) is 13.0. The minimum absolute atomic E-state index is 0.0216. The average molecular weight is 534 g/mol. The van der Waals surface area contributed by atoms with E-state index in [0.29, 0.717) is 22.5 Å². The van der Waals surface area contributed by atoms with E-state index >= 15 is 0 Å². The van der Waals surface area contributed by atoms with Gasteiger partial charge in [0.25, 0.3) is 5.91 Å². The minimum Gasteiger partial charge on any atom is -0.355 e. The first-order valence-corrected chi connectivity index (χ1v) is 13.7. The molecule has 0 saturated carbocycles. The van der Waals surface area contributed by atoms with E-state index in [1.54, 1.807) is 17.0 Å². The number of hydrogen-bond donors (Lipinski definition) is 1. The summed E-state index contributed by atoms with van der Waals surface area (Å²) >= 11 is 7.43. The summed E-state index contributed by atoms with van der Waals surface area (Å²) in [6.07, 6.45) is 2.68. The summed E-state index contributed by atoms with van der Waals surface area (Å²) in [5, 5.41) is 3.65. The third-order valence-corrected chi connectivity index (χ3v) is 7.53. The van der Waals surface area contributed by atoms with Crippen molar-refractivity contribution >= 4 is 46.9 Å². The maximum Gasteiger partial charge on any atom is 0.265 e. The van der Waals surface area contributed by atoms with Crippen molar-refractivity contribution in [2.75, 3.05) is 24.5 Å². The molecule has 4 rings (SSSR count). The number of amides is 2. The predicted molar refractivity (Wildman–Crippen MR) is 154 cm³/mol. The largest absolute Gasteiger partial charge is 0.355 e. The number of carbonyl (C=O) groups is 2.